The van der Waals surface area contributed by atoms with Crippen LogP contribution in [0.4, 0.5) is 4.79 Å². The number of nitrogens with zero attached hydrogens (tertiary/aromatic N) is 1. The number of aliphatic hydroxyl groups is 1. The van der Waals surface area contributed by atoms with Crippen LogP contribution in [0.25, 0.3) is 0 Å². The minimum absolute atomic E-state index is 0.180. The van der Waals surface area contributed by atoms with E-state index in [2.05, 4.69) is 0 Å². The molecule has 0 bridgehead atoms. The summed E-state index contributed by atoms with van der Waals surface area (Å²) in [5.41, 5.74) is -0.436. The number of carbonyl (C=O) groups is 1. The SMILES string of the molecule is CC(C)(C)OC(=O)N1CCS[C@@H](CCO)C1. The summed E-state index contributed by atoms with van der Waals surface area (Å²) in [6, 6.07) is 0. The van der Waals surface area contributed by atoms with Gasteiger partial charge in [-0.25, -0.2) is 4.79 Å². The van der Waals surface area contributed by atoms with Crippen LogP contribution in [0.3, 0.4) is 0 Å². The maximum atomic E-state index is 11.8. The molecular weight excluding hydrogens is 226 g/mol. The Hall–Kier alpha value is -0.420. The Morgan fingerprint density at radius 1 is 1.56 bits per heavy atom. The van der Waals surface area contributed by atoms with Crippen molar-refractivity contribution in [3.63, 3.8) is 0 Å². The van der Waals surface area contributed by atoms with Gasteiger partial charge in [0.05, 0.1) is 0 Å². The summed E-state index contributed by atoms with van der Waals surface area (Å²) in [4.78, 5) is 13.5. The number of rotatable bonds is 2. The van der Waals surface area contributed by atoms with Crippen molar-refractivity contribution in [1.29, 1.82) is 0 Å². The predicted octanol–water partition coefficient (Wildman–Crippen LogP) is 1.72. The second kappa shape index (κ2) is 5.77. The molecule has 0 aliphatic carbocycles. The third kappa shape index (κ3) is 4.61. The molecule has 4 nitrogen and oxygen atoms in total. The Kier molecular flexibility index (Phi) is 4.92. The molecule has 16 heavy (non-hydrogen) atoms. The second-order valence-corrected chi connectivity index (χ2v) is 6.34. The summed E-state index contributed by atoms with van der Waals surface area (Å²) in [7, 11) is 0. The monoisotopic (exact) mass is 247 g/mol. The number of thioether (sulfide) groups is 1. The third-order valence-corrected chi connectivity index (χ3v) is 3.52. The highest BCUT2D eigenvalue weighted by molar-refractivity contribution is 8.00. The Labute approximate surface area is 101 Å². The molecule has 0 aromatic rings. The van der Waals surface area contributed by atoms with Gasteiger partial charge in [0.1, 0.15) is 5.60 Å². The molecule has 0 aromatic carbocycles. The zero-order valence-corrected chi connectivity index (χ0v) is 11.0. The summed E-state index contributed by atoms with van der Waals surface area (Å²) in [6.07, 6.45) is 0.500. The van der Waals surface area contributed by atoms with Crippen molar-refractivity contribution in [1.82, 2.24) is 4.90 Å². The molecule has 1 aliphatic heterocycles. The van der Waals surface area contributed by atoms with Gasteiger partial charge >= 0.3 is 6.09 Å². The maximum Gasteiger partial charge on any atom is 0.410 e. The fraction of sp³-hybridized carbons (Fsp3) is 0.909. The highest BCUT2D eigenvalue weighted by Crippen LogP contribution is 2.22. The molecule has 0 unspecified atom stereocenters. The summed E-state index contributed by atoms with van der Waals surface area (Å²) >= 11 is 1.82. The Morgan fingerprint density at radius 2 is 2.25 bits per heavy atom. The minimum atomic E-state index is -0.436. The van der Waals surface area contributed by atoms with Gasteiger partial charge in [-0.1, -0.05) is 0 Å². The third-order valence-electron chi connectivity index (χ3n) is 2.24. The van der Waals surface area contributed by atoms with Crippen molar-refractivity contribution in [3.8, 4) is 0 Å². The van der Waals surface area contributed by atoms with E-state index in [9.17, 15) is 4.79 Å². The summed E-state index contributed by atoms with van der Waals surface area (Å²) in [5, 5.41) is 9.22. The molecule has 1 amide bonds. The van der Waals surface area contributed by atoms with Crippen LogP contribution in [0.2, 0.25) is 0 Å². The van der Waals surface area contributed by atoms with Crippen LogP contribution in [0, 0.1) is 0 Å². The fourth-order valence-corrected chi connectivity index (χ4v) is 2.75. The molecule has 1 aliphatic rings. The van der Waals surface area contributed by atoms with Gasteiger partial charge in [0.25, 0.3) is 0 Å². The summed E-state index contributed by atoms with van der Waals surface area (Å²) in [5.74, 6) is 0.921. The number of hydrogen-bond donors (Lipinski definition) is 1. The van der Waals surface area contributed by atoms with Gasteiger partial charge in [0.15, 0.2) is 0 Å². The van der Waals surface area contributed by atoms with Crippen molar-refractivity contribution in [2.75, 3.05) is 25.4 Å². The second-order valence-electron chi connectivity index (χ2n) is 4.93. The lowest BCUT2D eigenvalue weighted by Gasteiger charge is -2.33. The van der Waals surface area contributed by atoms with Crippen LogP contribution < -0.4 is 0 Å². The lowest BCUT2D eigenvalue weighted by molar-refractivity contribution is 0.0253. The number of aliphatic hydroxyl groups excluding tert-OH is 1. The van der Waals surface area contributed by atoms with Crippen molar-refractivity contribution in [3.05, 3.63) is 0 Å². The van der Waals surface area contributed by atoms with Crippen LogP contribution in [-0.4, -0.2) is 52.4 Å². The van der Waals surface area contributed by atoms with Gasteiger partial charge in [-0.2, -0.15) is 11.8 Å². The smallest absolute Gasteiger partial charge is 0.410 e. The lowest BCUT2D eigenvalue weighted by Crippen LogP contribution is -2.44. The number of carbonyl (C=O) groups excluding carboxylic acids is 1. The van der Waals surface area contributed by atoms with Crippen molar-refractivity contribution in [2.24, 2.45) is 0 Å². The van der Waals surface area contributed by atoms with Gasteiger partial charge < -0.3 is 14.7 Å². The Bertz CT molecular complexity index is 238. The van der Waals surface area contributed by atoms with E-state index >= 15 is 0 Å². The molecule has 1 atom stereocenters. The molecule has 0 radical (unpaired) electrons. The van der Waals surface area contributed by atoms with E-state index in [1.54, 1.807) is 4.90 Å². The number of hydrogen-bond acceptors (Lipinski definition) is 4. The first kappa shape index (κ1) is 13.6. The molecule has 5 heteroatoms. The van der Waals surface area contributed by atoms with Crippen molar-refractivity contribution in [2.45, 2.75) is 38.0 Å². The molecule has 1 saturated heterocycles. The molecule has 0 aromatic heterocycles. The van der Waals surface area contributed by atoms with E-state index in [0.717, 1.165) is 18.7 Å². The molecule has 0 saturated carbocycles. The standard InChI is InChI=1S/C11H21NO3S/c1-11(2,3)15-10(14)12-5-7-16-9(8-12)4-6-13/h9,13H,4-8H2,1-3H3/t9-/m0/s1. The molecule has 1 rings (SSSR count). The fourth-order valence-electron chi connectivity index (χ4n) is 1.53. The van der Waals surface area contributed by atoms with Crippen molar-refractivity contribution < 1.29 is 14.6 Å². The molecule has 1 heterocycles. The quantitative estimate of drug-likeness (QED) is 0.807. The molecule has 0 spiro atoms. The van der Waals surface area contributed by atoms with Gasteiger partial charge in [-0.3, -0.25) is 0 Å². The molecule has 1 fully saturated rings. The van der Waals surface area contributed by atoms with E-state index < -0.39 is 5.60 Å². The summed E-state index contributed by atoms with van der Waals surface area (Å²) < 4.78 is 5.32. The predicted molar refractivity (Wildman–Crippen MR) is 65.8 cm³/mol. The van der Waals surface area contributed by atoms with Gasteiger partial charge in [-0.05, 0) is 27.2 Å². The van der Waals surface area contributed by atoms with Crippen LogP contribution in [0.15, 0.2) is 0 Å². The van der Waals surface area contributed by atoms with Gasteiger partial charge in [0, 0.05) is 30.7 Å². The van der Waals surface area contributed by atoms with Crippen LogP contribution in [-0.2, 0) is 4.74 Å². The number of amides is 1. The van der Waals surface area contributed by atoms with E-state index in [0.29, 0.717) is 11.8 Å². The molecular formula is C11H21NO3S. The van der Waals surface area contributed by atoms with Crippen LogP contribution in [0.5, 0.6) is 0 Å². The minimum Gasteiger partial charge on any atom is -0.444 e. The first-order valence-corrected chi connectivity index (χ1v) is 6.67. The van der Waals surface area contributed by atoms with Crippen molar-refractivity contribution >= 4 is 17.9 Å². The molecule has 1 N–H and O–H groups in total. The average molecular weight is 247 g/mol. The maximum absolute atomic E-state index is 11.8. The van der Waals surface area contributed by atoms with Crippen LogP contribution >= 0.6 is 11.8 Å². The zero-order chi connectivity index (χ0) is 12.2. The average Bonchev–Trinajstić information content (AvgIpc) is 2.16. The first-order valence-electron chi connectivity index (χ1n) is 5.63. The topological polar surface area (TPSA) is 49.8 Å². The highest BCUT2D eigenvalue weighted by atomic mass is 32.2. The van der Waals surface area contributed by atoms with E-state index in [4.69, 9.17) is 9.84 Å². The van der Waals surface area contributed by atoms with E-state index in [1.165, 1.54) is 0 Å². The summed E-state index contributed by atoms with van der Waals surface area (Å²) in [6.45, 7) is 7.21. The highest BCUT2D eigenvalue weighted by Gasteiger charge is 2.27. The number of ether oxygens (including phenoxy) is 1. The van der Waals surface area contributed by atoms with E-state index in [-0.39, 0.29) is 12.7 Å². The normalized spacial score (nSPS) is 22.0. The Balaban J connectivity index is 2.44. The molecule has 94 valence electrons. The van der Waals surface area contributed by atoms with Gasteiger partial charge in [0.2, 0.25) is 0 Å². The largest absolute Gasteiger partial charge is 0.444 e. The van der Waals surface area contributed by atoms with Crippen LogP contribution in [0.1, 0.15) is 27.2 Å². The van der Waals surface area contributed by atoms with E-state index in [1.807, 2.05) is 32.5 Å². The lowest BCUT2D eigenvalue weighted by atomic mass is 10.2. The Morgan fingerprint density at radius 3 is 2.81 bits per heavy atom. The first-order chi connectivity index (χ1) is 7.42. The zero-order valence-electron chi connectivity index (χ0n) is 10.2. The van der Waals surface area contributed by atoms with Gasteiger partial charge in [-0.15, -0.1) is 0 Å².